The first-order valence-electron chi connectivity index (χ1n) is 8.66. The van der Waals surface area contributed by atoms with E-state index in [1.165, 1.54) is 18.6 Å². The lowest BCUT2D eigenvalue weighted by Gasteiger charge is -2.24. The molecule has 0 aliphatic carbocycles. The highest BCUT2D eigenvalue weighted by Gasteiger charge is 2.29. The van der Waals surface area contributed by atoms with Crippen LogP contribution in [0.25, 0.3) is 0 Å². The van der Waals surface area contributed by atoms with Crippen LogP contribution in [0.4, 0.5) is 0 Å². The Morgan fingerprint density at radius 3 is 2.54 bits per heavy atom. The van der Waals surface area contributed by atoms with Gasteiger partial charge in [0, 0.05) is 30.4 Å². The summed E-state index contributed by atoms with van der Waals surface area (Å²) in [4.78, 5) is 26.8. The van der Waals surface area contributed by atoms with E-state index in [1.54, 1.807) is 19.2 Å². The molecule has 1 aliphatic rings. The number of nitrogens with one attached hydrogen (secondary N) is 3. The lowest BCUT2D eigenvalue weighted by molar-refractivity contribution is -0.117. The summed E-state index contributed by atoms with van der Waals surface area (Å²) >= 11 is 2.01. The molecule has 1 fully saturated rings. The first-order valence-corrected chi connectivity index (χ1v) is 9.64. The monoisotopic (exact) mass is 377 g/mol. The molecule has 1 unspecified atom stereocenters. The van der Waals surface area contributed by atoms with Gasteiger partial charge in [0.25, 0.3) is 5.91 Å². The van der Waals surface area contributed by atoms with Gasteiger partial charge in [-0.3, -0.25) is 14.6 Å². The van der Waals surface area contributed by atoms with Gasteiger partial charge in [-0.15, -0.1) is 0 Å². The van der Waals surface area contributed by atoms with Crippen LogP contribution in [0.15, 0.2) is 29.3 Å². The largest absolute Gasteiger partial charge is 0.368 e. The van der Waals surface area contributed by atoms with E-state index < -0.39 is 5.91 Å². The lowest BCUT2D eigenvalue weighted by atomic mass is 10.1. The molecule has 2 rings (SSSR count). The van der Waals surface area contributed by atoms with Crippen molar-refractivity contribution in [3.05, 3.63) is 35.4 Å². The minimum atomic E-state index is -0.567. The van der Waals surface area contributed by atoms with E-state index >= 15 is 0 Å². The standard InChI is InChI=1S/C18H27N5O2S/c1-18(8-3-9-26-18)12-23-17(20-2)22-10-13-4-6-14(7-5-13)16(25)21-11-15(19)24/h4-7H,3,8-12H2,1-2H3,(H2,19,24)(H,21,25)(H2,20,22,23). The third kappa shape index (κ3) is 6.25. The van der Waals surface area contributed by atoms with Crippen molar-refractivity contribution in [3.8, 4) is 0 Å². The summed E-state index contributed by atoms with van der Waals surface area (Å²) in [5.74, 6) is 1.11. The third-order valence-electron chi connectivity index (χ3n) is 4.25. The molecule has 0 aromatic heterocycles. The molecule has 1 aromatic carbocycles. The second-order valence-electron chi connectivity index (χ2n) is 6.53. The zero-order valence-corrected chi connectivity index (χ0v) is 16.1. The number of thioether (sulfide) groups is 1. The molecular weight excluding hydrogens is 350 g/mol. The Bertz CT molecular complexity index is 654. The molecule has 5 N–H and O–H groups in total. The molecule has 26 heavy (non-hydrogen) atoms. The van der Waals surface area contributed by atoms with E-state index in [1.807, 2.05) is 23.9 Å². The Morgan fingerprint density at radius 1 is 1.23 bits per heavy atom. The zero-order valence-electron chi connectivity index (χ0n) is 15.3. The molecule has 1 aliphatic heterocycles. The number of hydrogen-bond acceptors (Lipinski definition) is 4. The molecule has 0 spiro atoms. The number of carbonyl (C=O) groups excluding carboxylic acids is 2. The van der Waals surface area contributed by atoms with E-state index in [2.05, 4.69) is 27.9 Å². The van der Waals surface area contributed by atoms with Crippen molar-refractivity contribution in [2.24, 2.45) is 10.7 Å². The maximum absolute atomic E-state index is 11.8. The molecule has 142 valence electrons. The smallest absolute Gasteiger partial charge is 0.251 e. The Morgan fingerprint density at radius 2 is 1.96 bits per heavy atom. The number of nitrogens with zero attached hydrogens (tertiary/aromatic N) is 1. The van der Waals surface area contributed by atoms with Crippen LogP contribution in [-0.2, 0) is 11.3 Å². The molecule has 2 amide bonds. The van der Waals surface area contributed by atoms with Gasteiger partial charge in [-0.05, 0) is 43.2 Å². The van der Waals surface area contributed by atoms with Crippen molar-refractivity contribution in [3.63, 3.8) is 0 Å². The van der Waals surface area contributed by atoms with Gasteiger partial charge in [0.15, 0.2) is 5.96 Å². The van der Waals surface area contributed by atoms with Crippen LogP contribution in [0.3, 0.4) is 0 Å². The van der Waals surface area contributed by atoms with E-state index in [-0.39, 0.29) is 17.2 Å². The minimum absolute atomic E-state index is 0.165. The molecule has 8 heteroatoms. The summed E-state index contributed by atoms with van der Waals surface area (Å²) in [6, 6.07) is 7.18. The summed E-state index contributed by atoms with van der Waals surface area (Å²) in [7, 11) is 1.76. The van der Waals surface area contributed by atoms with Crippen LogP contribution in [-0.4, -0.2) is 48.4 Å². The topological polar surface area (TPSA) is 109 Å². The maximum atomic E-state index is 11.8. The highest BCUT2D eigenvalue weighted by molar-refractivity contribution is 8.00. The number of guanidine groups is 1. The fraction of sp³-hybridized carbons (Fsp3) is 0.500. The van der Waals surface area contributed by atoms with Gasteiger partial charge in [-0.1, -0.05) is 12.1 Å². The second-order valence-corrected chi connectivity index (χ2v) is 8.21. The molecule has 1 aromatic rings. The van der Waals surface area contributed by atoms with E-state index in [0.717, 1.165) is 18.1 Å². The molecular formula is C18H27N5O2S. The van der Waals surface area contributed by atoms with Gasteiger partial charge in [0.05, 0.1) is 6.54 Å². The van der Waals surface area contributed by atoms with Crippen LogP contribution in [0.1, 0.15) is 35.7 Å². The number of primary amides is 1. The number of nitrogens with two attached hydrogens (primary N) is 1. The van der Waals surface area contributed by atoms with Crippen molar-refractivity contribution >= 4 is 29.5 Å². The summed E-state index contributed by atoms with van der Waals surface area (Å²) in [5, 5.41) is 9.14. The summed E-state index contributed by atoms with van der Waals surface area (Å²) < 4.78 is 0.275. The zero-order chi connectivity index (χ0) is 19.0. The lowest BCUT2D eigenvalue weighted by Crippen LogP contribution is -2.43. The van der Waals surface area contributed by atoms with Crippen LogP contribution in [0.5, 0.6) is 0 Å². The Kier molecular flexibility index (Phi) is 7.32. The van der Waals surface area contributed by atoms with Crippen molar-refractivity contribution < 1.29 is 9.59 Å². The molecule has 1 saturated heterocycles. The van der Waals surface area contributed by atoms with Crippen LogP contribution in [0, 0.1) is 0 Å². The van der Waals surface area contributed by atoms with Crippen LogP contribution >= 0.6 is 11.8 Å². The Hall–Kier alpha value is -2.22. The van der Waals surface area contributed by atoms with E-state index in [0.29, 0.717) is 12.1 Å². The molecule has 1 heterocycles. The third-order valence-corrected chi connectivity index (χ3v) is 5.79. The molecule has 1 atom stereocenters. The van der Waals surface area contributed by atoms with E-state index in [4.69, 9.17) is 5.73 Å². The van der Waals surface area contributed by atoms with Gasteiger partial charge >= 0.3 is 0 Å². The quantitative estimate of drug-likeness (QED) is 0.416. The van der Waals surface area contributed by atoms with E-state index in [9.17, 15) is 9.59 Å². The molecule has 0 radical (unpaired) electrons. The number of carbonyl (C=O) groups is 2. The van der Waals surface area contributed by atoms with Gasteiger partial charge < -0.3 is 21.7 Å². The summed E-state index contributed by atoms with van der Waals surface area (Å²) in [6.07, 6.45) is 2.50. The Labute approximate surface area is 158 Å². The average Bonchev–Trinajstić information content (AvgIpc) is 3.07. The molecule has 0 bridgehead atoms. The highest BCUT2D eigenvalue weighted by atomic mass is 32.2. The predicted octanol–water partition coefficient (Wildman–Crippen LogP) is 0.852. The number of amides is 2. The number of benzene rings is 1. The van der Waals surface area contributed by atoms with Gasteiger partial charge in [-0.2, -0.15) is 11.8 Å². The fourth-order valence-corrected chi connectivity index (χ4v) is 3.94. The van der Waals surface area contributed by atoms with Gasteiger partial charge in [0.2, 0.25) is 5.91 Å². The van der Waals surface area contributed by atoms with Crippen molar-refractivity contribution in [1.82, 2.24) is 16.0 Å². The van der Waals surface area contributed by atoms with Gasteiger partial charge in [-0.25, -0.2) is 0 Å². The van der Waals surface area contributed by atoms with Crippen molar-refractivity contribution in [2.75, 3.05) is 25.9 Å². The number of rotatable bonds is 7. The Balaban J connectivity index is 1.80. The fourth-order valence-electron chi connectivity index (χ4n) is 2.70. The predicted molar refractivity (Wildman–Crippen MR) is 106 cm³/mol. The van der Waals surface area contributed by atoms with Crippen molar-refractivity contribution in [1.29, 1.82) is 0 Å². The number of aliphatic imine (C=N–C) groups is 1. The SMILES string of the molecule is CN=C(NCc1ccc(C(=O)NCC(N)=O)cc1)NCC1(C)CCCS1. The summed E-state index contributed by atoms with van der Waals surface area (Å²) in [5.41, 5.74) is 6.53. The normalized spacial score (nSPS) is 19.8. The molecule has 0 saturated carbocycles. The van der Waals surface area contributed by atoms with Crippen molar-refractivity contribution in [2.45, 2.75) is 31.1 Å². The maximum Gasteiger partial charge on any atom is 0.251 e. The highest BCUT2D eigenvalue weighted by Crippen LogP contribution is 2.36. The average molecular weight is 378 g/mol. The minimum Gasteiger partial charge on any atom is -0.368 e. The second kappa shape index (κ2) is 9.47. The first kappa shape index (κ1) is 20.1. The number of hydrogen-bond donors (Lipinski definition) is 4. The molecule has 7 nitrogen and oxygen atoms in total. The summed E-state index contributed by atoms with van der Waals surface area (Å²) in [6.45, 7) is 3.61. The van der Waals surface area contributed by atoms with Gasteiger partial charge in [0.1, 0.15) is 0 Å². The first-order chi connectivity index (χ1) is 12.4. The van der Waals surface area contributed by atoms with Crippen LogP contribution in [0.2, 0.25) is 0 Å². The van der Waals surface area contributed by atoms with Crippen LogP contribution < -0.4 is 21.7 Å².